The molecule has 2 rings (SSSR count). The van der Waals surface area contributed by atoms with Gasteiger partial charge in [-0.25, -0.2) is 8.42 Å². The summed E-state index contributed by atoms with van der Waals surface area (Å²) in [5, 5.41) is 3.70. The Morgan fingerprint density at radius 1 is 1.08 bits per heavy atom. The van der Waals surface area contributed by atoms with Crippen molar-refractivity contribution < 1.29 is 22.7 Å². The molecule has 0 aliphatic carbocycles. The zero-order valence-electron chi connectivity index (χ0n) is 20.6. The fourth-order valence-electron chi connectivity index (χ4n) is 3.73. The molecular weight excluding hydrogens is 549 g/mol. The smallest absolute Gasteiger partial charge is 0.242 e. The van der Waals surface area contributed by atoms with E-state index in [-0.39, 0.29) is 42.8 Å². The first kappa shape index (κ1) is 30.0. The molecule has 1 atom stereocenters. The molecule has 0 fully saturated rings. The van der Waals surface area contributed by atoms with E-state index in [9.17, 15) is 18.0 Å². The molecule has 0 heterocycles. The summed E-state index contributed by atoms with van der Waals surface area (Å²) in [5.74, 6) is -0.195. The Labute approximate surface area is 227 Å². The number of likely N-dealkylation sites (N-methyl/N-ethyl adjacent to an activating group) is 1. The van der Waals surface area contributed by atoms with Crippen molar-refractivity contribution in [3.05, 3.63) is 57.0 Å². The van der Waals surface area contributed by atoms with E-state index >= 15 is 0 Å². The van der Waals surface area contributed by atoms with E-state index in [4.69, 9.17) is 39.5 Å². The number of hydrogen-bond acceptors (Lipinski definition) is 5. The largest absolute Gasteiger partial charge is 0.495 e. The molecule has 2 amide bonds. The highest BCUT2D eigenvalue weighted by Gasteiger charge is 2.29. The third-order valence-electron chi connectivity index (χ3n) is 5.56. The second-order valence-electron chi connectivity index (χ2n) is 8.05. The van der Waals surface area contributed by atoms with Crippen LogP contribution in [0.15, 0.2) is 36.4 Å². The number of rotatable bonds is 12. The van der Waals surface area contributed by atoms with Gasteiger partial charge in [-0.05, 0) is 48.7 Å². The minimum Gasteiger partial charge on any atom is -0.495 e. The Morgan fingerprint density at radius 3 is 2.31 bits per heavy atom. The van der Waals surface area contributed by atoms with Crippen molar-refractivity contribution in [3.8, 4) is 5.75 Å². The number of carbonyl (C=O) groups is 2. The molecule has 0 saturated carbocycles. The Kier molecular flexibility index (Phi) is 11.2. The molecule has 8 nitrogen and oxygen atoms in total. The number of methoxy groups -OCH3 is 1. The van der Waals surface area contributed by atoms with Crippen LogP contribution in [0, 0.1) is 0 Å². The van der Waals surface area contributed by atoms with Gasteiger partial charge in [0.25, 0.3) is 0 Å². The molecule has 198 valence electrons. The van der Waals surface area contributed by atoms with E-state index in [1.807, 2.05) is 6.92 Å². The molecular formula is C24H30Cl3N3O5S. The third kappa shape index (κ3) is 7.90. The summed E-state index contributed by atoms with van der Waals surface area (Å²) in [5.41, 5.74) is 1.000. The molecule has 2 aromatic carbocycles. The van der Waals surface area contributed by atoms with Crippen LogP contribution >= 0.6 is 34.8 Å². The molecule has 0 aromatic heterocycles. The van der Waals surface area contributed by atoms with Crippen LogP contribution in [0.5, 0.6) is 5.75 Å². The molecule has 0 bridgehead atoms. The highest BCUT2D eigenvalue weighted by Crippen LogP contribution is 2.30. The zero-order valence-corrected chi connectivity index (χ0v) is 23.6. The maximum atomic E-state index is 13.3. The Balaban J connectivity index is 2.24. The number of ether oxygens (including phenoxy) is 1. The van der Waals surface area contributed by atoms with Crippen LogP contribution in [-0.4, -0.2) is 58.1 Å². The van der Waals surface area contributed by atoms with Crippen molar-refractivity contribution in [2.75, 3.05) is 31.3 Å². The average Bonchev–Trinajstić information content (AvgIpc) is 2.81. The van der Waals surface area contributed by atoms with Gasteiger partial charge < -0.3 is 15.0 Å². The normalized spacial score (nSPS) is 12.1. The van der Waals surface area contributed by atoms with Crippen LogP contribution in [-0.2, 0) is 26.2 Å². The lowest BCUT2D eigenvalue weighted by Gasteiger charge is -2.31. The van der Waals surface area contributed by atoms with Gasteiger partial charge in [-0.15, -0.1) is 0 Å². The maximum absolute atomic E-state index is 13.3. The standard InChI is InChI=1S/C24H30Cl3N3O5S/c1-5-21(24(32)28-2)29(15-16-8-9-17(25)13-19(16)26)23(31)7-6-12-30(36(4,33)34)18-10-11-22(35-3)20(27)14-18/h8-11,13-14,21H,5-7,12,15H2,1-4H3,(H,28,32)/t21-/m1/s1. The molecule has 0 aliphatic heterocycles. The molecule has 0 aliphatic rings. The van der Waals surface area contributed by atoms with Crippen molar-refractivity contribution in [3.63, 3.8) is 0 Å². The van der Waals surface area contributed by atoms with E-state index < -0.39 is 16.1 Å². The molecule has 0 unspecified atom stereocenters. The first-order valence-corrected chi connectivity index (χ1v) is 14.2. The molecule has 0 saturated heterocycles. The zero-order chi connectivity index (χ0) is 27.0. The van der Waals surface area contributed by atoms with E-state index in [0.717, 1.165) is 6.26 Å². The van der Waals surface area contributed by atoms with E-state index in [2.05, 4.69) is 5.32 Å². The van der Waals surface area contributed by atoms with Gasteiger partial charge in [-0.3, -0.25) is 13.9 Å². The van der Waals surface area contributed by atoms with Crippen LogP contribution in [0.4, 0.5) is 5.69 Å². The summed E-state index contributed by atoms with van der Waals surface area (Å²) in [4.78, 5) is 27.3. The Hall–Kier alpha value is -2.20. The van der Waals surface area contributed by atoms with Gasteiger partial charge in [-0.1, -0.05) is 47.8 Å². The van der Waals surface area contributed by atoms with Gasteiger partial charge in [-0.2, -0.15) is 0 Å². The number of anilines is 1. The SMILES string of the molecule is CC[C@H](C(=O)NC)N(Cc1ccc(Cl)cc1Cl)C(=O)CCCN(c1ccc(OC)c(Cl)c1)S(C)(=O)=O. The summed E-state index contributed by atoms with van der Waals surface area (Å²) in [6.07, 6.45) is 1.69. The number of nitrogens with zero attached hydrogens (tertiary/aromatic N) is 2. The lowest BCUT2D eigenvalue weighted by Crippen LogP contribution is -2.48. The average molecular weight is 579 g/mol. The first-order valence-electron chi connectivity index (χ1n) is 11.2. The van der Waals surface area contributed by atoms with Crippen LogP contribution in [0.2, 0.25) is 15.1 Å². The van der Waals surface area contributed by atoms with Gasteiger partial charge in [0.05, 0.1) is 24.1 Å². The minimum atomic E-state index is -3.65. The Morgan fingerprint density at radius 2 is 1.78 bits per heavy atom. The lowest BCUT2D eigenvalue weighted by molar-refractivity contribution is -0.141. The summed E-state index contributed by atoms with van der Waals surface area (Å²) < 4.78 is 31.3. The topological polar surface area (TPSA) is 96.0 Å². The predicted octanol–water partition coefficient (Wildman–Crippen LogP) is 4.76. The second kappa shape index (κ2) is 13.4. The number of nitrogens with one attached hydrogen (secondary N) is 1. The van der Waals surface area contributed by atoms with Gasteiger partial charge in [0, 0.05) is 36.6 Å². The van der Waals surface area contributed by atoms with Crippen molar-refractivity contribution in [1.82, 2.24) is 10.2 Å². The molecule has 0 spiro atoms. The first-order chi connectivity index (χ1) is 16.9. The number of sulfonamides is 1. The number of benzene rings is 2. The van der Waals surface area contributed by atoms with Crippen LogP contribution in [0.3, 0.4) is 0 Å². The summed E-state index contributed by atoms with van der Waals surface area (Å²) in [6.45, 7) is 1.95. The van der Waals surface area contributed by atoms with Gasteiger partial charge in [0.1, 0.15) is 11.8 Å². The molecule has 1 N–H and O–H groups in total. The molecule has 0 radical (unpaired) electrons. The molecule has 12 heteroatoms. The molecule has 2 aromatic rings. The number of carbonyl (C=O) groups excluding carboxylic acids is 2. The highest BCUT2D eigenvalue weighted by molar-refractivity contribution is 7.92. The van der Waals surface area contributed by atoms with E-state index in [1.54, 1.807) is 30.3 Å². The third-order valence-corrected chi connectivity index (χ3v) is 7.64. The quantitative estimate of drug-likeness (QED) is 0.392. The number of hydrogen-bond donors (Lipinski definition) is 1. The maximum Gasteiger partial charge on any atom is 0.242 e. The summed E-state index contributed by atoms with van der Waals surface area (Å²) in [7, 11) is -0.683. The fourth-order valence-corrected chi connectivity index (χ4v) is 5.41. The lowest BCUT2D eigenvalue weighted by atomic mass is 10.1. The van der Waals surface area contributed by atoms with Gasteiger partial charge in [0.2, 0.25) is 21.8 Å². The summed E-state index contributed by atoms with van der Waals surface area (Å²) in [6, 6.07) is 8.88. The van der Waals surface area contributed by atoms with Crippen molar-refractivity contribution in [1.29, 1.82) is 0 Å². The van der Waals surface area contributed by atoms with Gasteiger partial charge >= 0.3 is 0 Å². The van der Waals surface area contributed by atoms with Crippen molar-refractivity contribution in [2.45, 2.75) is 38.8 Å². The van der Waals surface area contributed by atoms with Gasteiger partial charge in [0.15, 0.2) is 0 Å². The van der Waals surface area contributed by atoms with Crippen molar-refractivity contribution in [2.24, 2.45) is 0 Å². The fraction of sp³-hybridized carbons (Fsp3) is 0.417. The minimum absolute atomic E-state index is 0.00854. The highest BCUT2D eigenvalue weighted by atomic mass is 35.5. The van der Waals surface area contributed by atoms with Crippen LogP contribution in [0.1, 0.15) is 31.7 Å². The van der Waals surface area contributed by atoms with E-state index in [1.165, 1.54) is 29.4 Å². The number of halogens is 3. The van der Waals surface area contributed by atoms with E-state index in [0.29, 0.717) is 33.5 Å². The number of amides is 2. The van der Waals surface area contributed by atoms with Crippen LogP contribution in [0.25, 0.3) is 0 Å². The molecule has 36 heavy (non-hydrogen) atoms. The summed E-state index contributed by atoms with van der Waals surface area (Å²) >= 11 is 18.5. The Bertz CT molecular complexity index is 1190. The monoisotopic (exact) mass is 577 g/mol. The predicted molar refractivity (Wildman–Crippen MR) is 145 cm³/mol. The van der Waals surface area contributed by atoms with Crippen molar-refractivity contribution >= 4 is 62.3 Å². The van der Waals surface area contributed by atoms with Crippen LogP contribution < -0.4 is 14.4 Å². The second-order valence-corrected chi connectivity index (χ2v) is 11.2.